The van der Waals surface area contributed by atoms with Crippen LogP contribution in [-0.4, -0.2) is 39.2 Å². The fourth-order valence-electron chi connectivity index (χ4n) is 2.60. The van der Waals surface area contributed by atoms with E-state index in [-0.39, 0.29) is 6.29 Å². The van der Waals surface area contributed by atoms with Crippen LogP contribution in [0.5, 0.6) is 5.75 Å². The van der Waals surface area contributed by atoms with E-state index >= 15 is 0 Å². The maximum absolute atomic E-state index is 5.77. The highest BCUT2D eigenvalue weighted by Gasteiger charge is 2.19. The molecule has 0 amide bonds. The van der Waals surface area contributed by atoms with Gasteiger partial charge in [0.1, 0.15) is 5.75 Å². The van der Waals surface area contributed by atoms with Gasteiger partial charge in [0.15, 0.2) is 6.29 Å². The largest absolute Gasteiger partial charge is 0.491 e. The van der Waals surface area contributed by atoms with Gasteiger partial charge in [-0.3, -0.25) is 0 Å². The van der Waals surface area contributed by atoms with Crippen LogP contribution >= 0.6 is 0 Å². The molecular formula is C15H21NO3. The van der Waals surface area contributed by atoms with Crippen LogP contribution in [0.15, 0.2) is 24.3 Å². The first kappa shape index (κ1) is 12.8. The van der Waals surface area contributed by atoms with Crippen LogP contribution < -0.4 is 9.64 Å². The zero-order valence-corrected chi connectivity index (χ0v) is 11.2. The minimum Gasteiger partial charge on any atom is -0.491 e. The van der Waals surface area contributed by atoms with Gasteiger partial charge in [0, 0.05) is 19.5 Å². The van der Waals surface area contributed by atoms with Crippen LogP contribution in [0.4, 0.5) is 5.69 Å². The normalized spacial score (nSPS) is 20.5. The summed E-state index contributed by atoms with van der Waals surface area (Å²) in [5.74, 6) is 0.991. The number of para-hydroxylation sites is 2. The summed E-state index contributed by atoms with van der Waals surface area (Å²) in [7, 11) is 0. The third-order valence-corrected chi connectivity index (χ3v) is 3.57. The Balaban J connectivity index is 1.63. The molecule has 4 nitrogen and oxygen atoms in total. The molecule has 2 aliphatic rings. The third-order valence-electron chi connectivity index (χ3n) is 3.57. The van der Waals surface area contributed by atoms with E-state index < -0.39 is 0 Å². The molecule has 19 heavy (non-hydrogen) atoms. The number of hydrogen-bond donors (Lipinski definition) is 0. The molecule has 0 radical (unpaired) electrons. The second-order valence-electron chi connectivity index (χ2n) is 4.97. The molecule has 0 N–H and O–H groups in total. The first-order valence-corrected chi connectivity index (χ1v) is 7.13. The van der Waals surface area contributed by atoms with Crippen LogP contribution in [-0.2, 0) is 9.47 Å². The van der Waals surface area contributed by atoms with Crippen molar-refractivity contribution in [3.05, 3.63) is 24.3 Å². The van der Waals surface area contributed by atoms with Crippen LogP contribution in [0.1, 0.15) is 19.3 Å². The van der Waals surface area contributed by atoms with E-state index in [4.69, 9.17) is 14.2 Å². The summed E-state index contributed by atoms with van der Waals surface area (Å²) in [4.78, 5) is 2.38. The average molecular weight is 263 g/mol. The zero-order chi connectivity index (χ0) is 12.9. The molecule has 0 saturated carbocycles. The quantitative estimate of drug-likeness (QED) is 0.838. The Morgan fingerprint density at radius 3 is 2.79 bits per heavy atom. The van der Waals surface area contributed by atoms with Crippen molar-refractivity contribution in [3.8, 4) is 5.75 Å². The smallest absolute Gasteiger partial charge is 0.159 e. The lowest BCUT2D eigenvalue weighted by Gasteiger charge is -2.28. The van der Waals surface area contributed by atoms with Crippen molar-refractivity contribution < 1.29 is 14.2 Å². The summed E-state index contributed by atoms with van der Waals surface area (Å²) in [6.45, 7) is 4.42. The molecule has 3 rings (SSSR count). The monoisotopic (exact) mass is 263 g/mol. The SMILES string of the molecule is c1ccc2c(c1)OCCCN2CCC1OCCCO1. The number of ether oxygens (including phenoxy) is 3. The summed E-state index contributed by atoms with van der Waals surface area (Å²) >= 11 is 0. The van der Waals surface area contributed by atoms with Gasteiger partial charge in [-0.1, -0.05) is 12.1 Å². The van der Waals surface area contributed by atoms with E-state index in [1.165, 1.54) is 5.69 Å². The topological polar surface area (TPSA) is 30.9 Å². The summed E-state index contributed by atoms with van der Waals surface area (Å²) in [5, 5.41) is 0. The predicted octanol–water partition coefficient (Wildman–Crippen LogP) is 2.43. The van der Waals surface area contributed by atoms with Crippen molar-refractivity contribution in [1.82, 2.24) is 0 Å². The predicted molar refractivity (Wildman–Crippen MR) is 73.7 cm³/mol. The number of fused-ring (bicyclic) bond motifs is 1. The van der Waals surface area contributed by atoms with Crippen molar-refractivity contribution in [2.24, 2.45) is 0 Å². The molecular weight excluding hydrogens is 242 g/mol. The van der Waals surface area contributed by atoms with Crippen LogP contribution in [0.25, 0.3) is 0 Å². The standard InChI is InChI=1S/C15H21NO3/c1-2-6-14-13(5-1)16(8-3-10-17-14)9-7-15-18-11-4-12-19-15/h1-2,5-6,15H,3-4,7-12H2. The van der Waals surface area contributed by atoms with Gasteiger partial charge in [-0.25, -0.2) is 0 Å². The minimum absolute atomic E-state index is 0.0370. The van der Waals surface area contributed by atoms with E-state index in [0.717, 1.165) is 57.9 Å². The Hall–Kier alpha value is -1.26. The van der Waals surface area contributed by atoms with E-state index in [1.54, 1.807) is 0 Å². The number of hydrogen-bond acceptors (Lipinski definition) is 4. The Kier molecular flexibility index (Phi) is 4.20. The van der Waals surface area contributed by atoms with Gasteiger partial charge < -0.3 is 19.1 Å². The molecule has 0 unspecified atom stereocenters. The van der Waals surface area contributed by atoms with Gasteiger partial charge in [-0.2, -0.15) is 0 Å². The molecule has 0 aliphatic carbocycles. The van der Waals surface area contributed by atoms with Gasteiger partial charge in [-0.15, -0.1) is 0 Å². The second-order valence-corrected chi connectivity index (χ2v) is 4.97. The van der Waals surface area contributed by atoms with Crippen LogP contribution in [0.3, 0.4) is 0 Å². The molecule has 1 fully saturated rings. The molecule has 0 bridgehead atoms. The third kappa shape index (κ3) is 3.19. The molecule has 2 aliphatic heterocycles. The highest BCUT2D eigenvalue weighted by molar-refractivity contribution is 5.58. The van der Waals surface area contributed by atoms with Crippen molar-refractivity contribution in [1.29, 1.82) is 0 Å². The Labute approximate surface area is 114 Å². The molecule has 0 spiro atoms. The highest BCUT2D eigenvalue weighted by atomic mass is 16.7. The summed E-state index contributed by atoms with van der Waals surface area (Å²) in [5.41, 5.74) is 1.19. The van der Waals surface area contributed by atoms with Gasteiger partial charge >= 0.3 is 0 Å². The van der Waals surface area contributed by atoms with Crippen molar-refractivity contribution in [2.45, 2.75) is 25.6 Å². The maximum atomic E-state index is 5.77. The highest BCUT2D eigenvalue weighted by Crippen LogP contribution is 2.30. The summed E-state index contributed by atoms with van der Waals surface area (Å²) in [6.07, 6.45) is 2.94. The molecule has 0 aromatic heterocycles. The van der Waals surface area contributed by atoms with Crippen LogP contribution in [0, 0.1) is 0 Å². The number of nitrogens with zero attached hydrogens (tertiary/aromatic N) is 1. The molecule has 104 valence electrons. The average Bonchev–Trinajstić information content (AvgIpc) is 2.68. The Bertz CT molecular complexity index is 404. The molecule has 2 heterocycles. The summed E-state index contributed by atoms with van der Waals surface area (Å²) in [6, 6.07) is 8.26. The molecule has 0 atom stereocenters. The lowest BCUT2D eigenvalue weighted by molar-refractivity contribution is -0.179. The lowest BCUT2D eigenvalue weighted by atomic mass is 10.2. The maximum Gasteiger partial charge on any atom is 0.159 e. The summed E-state index contributed by atoms with van der Waals surface area (Å²) < 4.78 is 17.0. The van der Waals surface area contributed by atoms with E-state index in [9.17, 15) is 0 Å². The van der Waals surface area contributed by atoms with Gasteiger partial charge in [0.2, 0.25) is 0 Å². The molecule has 1 saturated heterocycles. The second kappa shape index (κ2) is 6.26. The zero-order valence-electron chi connectivity index (χ0n) is 11.2. The number of benzene rings is 1. The fraction of sp³-hybridized carbons (Fsp3) is 0.600. The Morgan fingerprint density at radius 1 is 1.05 bits per heavy atom. The van der Waals surface area contributed by atoms with Gasteiger partial charge in [-0.05, 0) is 25.0 Å². The van der Waals surface area contributed by atoms with E-state index in [0.29, 0.717) is 0 Å². The van der Waals surface area contributed by atoms with Crippen molar-refractivity contribution in [2.75, 3.05) is 37.8 Å². The lowest BCUT2D eigenvalue weighted by Crippen LogP contribution is -2.32. The van der Waals surface area contributed by atoms with Crippen LogP contribution in [0.2, 0.25) is 0 Å². The molecule has 4 heteroatoms. The first-order chi connectivity index (χ1) is 9.43. The van der Waals surface area contributed by atoms with Crippen molar-refractivity contribution in [3.63, 3.8) is 0 Å². The van der Waals surface area contributed by atoms with Crippen molar-refractivity contribution >= 4 is 5.69 Å². The number of rotatable bonds is 3. The fourth-order valence-corrected chi connectivity index (χ4v) is 2.60. The molecule has 1 aromatic rings. The number of anilines is 1. The van der Waals surface area contributed by atoms with Gasteiger partial charge in [0.25, 0.3) is 0 Å². The minimum atomic E-state index is -0.0370. The Morgan fingerprint density at radius 2 is 1.89 bits per heavy atom. The first-order valence-electron chi connectivity index (χ1n) is 7.13. The van der Waals surface area contributed by atoms with E-state index in [1.807, 2.05) is 12.1 Å². The van der Waals surface area contributed by atoms with Gasteiger partial charge in [0.05, 0.1) is 25.5 Å². The van der Waals surface area contributed by atoms with E-state index in [2.05, 4.69) is 17.0 Å². The molecule has 1 aromatic carbocycles.